The molecule has 0 fully saturated rings. The number of nitrogens with two attached hydrogens (primary N) is 1. The number of carboxylic acids is 1. The zero-order valence-electron chi connectivity index (χ0n) is 40.5. The van der Waals surface area contributed by atoms with E-state index in [1.54, 1.807) is 0 Å². The number of benzene rings is 5. The number of fused-ring (bicyclic) bond motifs is 3. The Morgan fingerprint density at radius 1 is 0.724 bits per heavy atom. The number of carbonyl (C=O) groups is 6. The van der Waals surface area contributed by atoms with E-state index in [1.165, 1.54) is 42.5 Å². The van der Waals surface area contributed by atoms with E-state index < -0.39 is 94.3 Å². The lowest BCUT2D eigenvalue weighted by Crippen LogP contribution is -2.69. The van der Waals surface area contributed by atoms with Crippen LogP contribution in [0.15, 0.2) is 99.1 Å². The molecule has 0 bridgehead atoms. The van der Waals surface area contributed by atoms with Gasteiger partial charge in [0.15, 0.2) is 11.3 Å². The highest BCUT2D eigenvalue weighted by Gasteiger charge is 2.44. The van der Waals surface area contributed by atoms with Crippen molar-refractivity contribution in [3.8, 4) is 28.2 Å². The number of hydrogen-bond donors (Lipinski definition) is 8. The van der Waals surface area contributed by atoms with Crippen LogP contribution in [0.4, 0.5) is 5.69 Å². The number of amides is 5. The fourth-order valence-electron chi connectivity index (χ4n) is 8.39. The van der Waals surface area contributed by atoms with Gasteiger partial charge in [0.1, 0.15) is 30.0 Å². The van der Waals surface area contributed by atoms with Gasteiger partial charge >= 0.3 is 6.69 Å². The summed E-state index contributed by atoms with van der Waals surface area (Å²) in [4.78, 5) is 74.8. The quantitative estimate of drug-likeness (QED) is 0.0133. The largest absolute Gasteiger partial charge is 0.744 e. The van der Waals surface area contributed by atoms with Gasteiger partial charge < -0.3 is 70.3 Å². The second kappa shape index (κ2) is 22.3. The average Bonchev–Trinajstić information content (AvgIpc) is 3.43. The molecule has 1 atom stereocenters. The van der Waals surface area contributed by atoms with Crippen LogP contribution < -0.4 is 47.6 Å². The molecule has 1 aliphatic carbocycles. The van der Waals surface area contributed by atoms with Gasteiger partial charge in [-0.2, -0.15) is 0 Å². The maximum atomic E-state index is 13.3. The van der Waals surface area contributed by atoms with Crippen molar-refractivity contribution in [1.82, 2.24) is 26.2 Å². The summed E-state index contributed by atoms with van der Waals surface area (Å²) in [5.74, 6) is -5.56. The first-order valence-electron chi connectivity index (χ1n) is 23.4. The van der Waals surface area contributed by atoms with E-state index in [1.807, 2.05) is 0 Å². The molecule has 0 saturated heterocycles. The van der Waals surface area contributed by atoms with Crippen molar-refractivity contribution in [2.24, 2.45) is 5.92 Å². The summed E-state index contributed by atoms with van der Waals surface area (Å²) >= 11 is 0. The summed E-state index contributed by atoms with van der Waals surface area (Å²) in [6.07, 6.45) is 2.43. The van der Waals surface area contributed by atoms with Gasteiger partial charge in [0.05, 0.1) is 28.3 Å². The molecule has 4 aromatic carbocycles. The number of aromatic carboxylic acids is 1. The SMILES string of the molecule is CC(C)CCNC(=O)CCCCNC(=O)c1ccc([B-]2(O)Oc3cc(C(=O)NCCCNC(=O)c4ccc(-c5c6ccc(=N)c(S(=O)(=O)[O-])c-6oc6c(S(=O)(=O)[O-])c(N)ccc56)c(C(=O)[O-])c4)ccc3C(=O)N2O)cc1. The van der Waals surface area contributed by atoms with Crippen molar-refractivity contribution in [3.63, 3.8) is 0 Å². The third-order valence-electron chi connectivity index (χ3n) is 12.3. The molecule has 3 aliphatic rings. The van der Waals surface area contributed by atoms with Crippen molar-refractivity contribution < 1.29 is 79.1 Å². The highest BCUT2D eigenvalue weighted by Crippen LogP contribution is 2.45. The van der Waals surface area contributed by atoms with Crippen molar-refractivity contribution >= 4 is 84.5 Å². The maximum absolute atomic E-state index is 13.3. The predicted octanol–water partition coefficient (Wildman–Crippen LogP) is 1.11. The highest BCUT2D eigenvalue weighted by atomic mass is 32.2. The monoisotopic (exact) mass is 1080 g/mol. The van der Waals surface area contributed by atoms with Crippen molar-refractivity contribution in [2.45, 2.75) is 55.7 Å². The molecule has 27 heteroatoms. The fourth-order valence-corrected chi connectivity index (χ4v) is 9.85. The standard InChI is InChI=1S/C49H51BN7O17S2/c1-26(2)19-23-53-39(58)6-3-4-20-54-45(59)27-7-11-30(12-8-27)50(65)57(66)48(62)32-14-10-29(25-38(32)74-50)47(61)56-22-5-21-55-46(60)28-9-13-31(35(24-28)49(63)64)40-33-15-17-36(51)43(75(67,68)69)41(33)73-42-34(40)16-18-37(52)44(42)76(70,71)72/h7-18,24-26,51,65-66H,3-6,19-23,52H2,1-2H3,(H,53,58)(H,54,59)(H,55,60)(H,56,61)(H,63,64)(H,67,68,69)(H,70,71,72)/q-1/p-3. The number of unbranched alkanes of at least 4 members (excludes halogenated alkanes) is 1. The van der Waals surface area contributed by atoms with E-state index in [0.29, 0.717) is 38.3 Å². The van der Waals surface area contributed by atoms with Gasteiger partial charge in [-0.15, -0.1) is 5.46 Å². The Bertz CT molecular complexity index is 3590. The molecule has 0 spiro atoms. The van der Waals surface area contributed by atoms with Crippen LogP contribution in [0.3, 0.4) is 0 Å². The lowest BCUT2D eigenvalue weighted by Gasteiger charge is -2.47. The first-order valence-corrected chi connectivity index (χ1v) is 26.2. The van der Waals surface area contributed by atoms with Gasteiger partial charge in [-0.3, -0.25) is 29.4 Å². The minimum absolute atomic E-state index is 0.0261. The second-order valence-electron chi connectivity index (χ2n) is 18.0. The molecule has 1 unspecified atom stereocenters. The molecule has 4 aromatic rings. The number of carboxylic acid groups (broad SMARTS) is 1. The number of nitrogens with zero attached hydrogens (tertiary/aromatic N) is 1. The van der Waals surface area contributed by atoms with Gasteiger partial charge in [0.2, 0.25) is 11.8 Å². The molecule has 5 amide bonds. The number of carbonyl (C=O) groups excluding carboxylic acids is 6. The molecule has 400 valence electrons. The molecule has 9 N–H and O–H groups in total. The molecule has 2 aliphatic heterocycles. The van der Waals surface area contributed by atoms with Crippen LogP contribution in [0, 0.1) is 11.3 Å². The van der Waals surface area contributed by atoms with Gasteiger partial charge in [-0.25, -0.2) is 16.8 Å². The van der Waals surface area contributed by atoms with Crippen LogP contribution in [-0.2, 0) is 25.0 Å². The predicted molar refractivity (Wildman–Crippen MR) is 266 cm³/mol. The van der Waals surface area contributed by atoms with Crippen molar-refractivity contribution in [1.29, 1.82) is 5.41 Å². The van der Waals surface area contributed by atoms with Crippen molar-refractivity contribution in [3.05, 3.63) is 118 Å². The molecule has 0 aromatic heterocycles. The third-order valence-corrected chi connectivity index (χ3v) is 14.1. The van der Waals surface area contributed by atoms with Gasteiger partial charge in [-0.1, -0.05) is 44.2 Å². The van der Waals surface area contributed by atoms with E-state index in [0.717, 1.165) is 48.9 Å². The smallest absolute Gasteiger partial charge is 0.454 e. The molecule has 7 rings (SSSR count). The van der Waals surface area contributed by atoms with Crippen LogP contribution in [-0.4, -0.2) is 110 Å². The van der Waals surface area contributed by atoms with Crippen molar-refractivity contribution in [2.75, 3.05) is 31.9 Å². The Labute approximate surface area is 433 Å². The first-order chi connectivity index (χ1) is 35.8. The van der Waals surface area contributed by atoms with Crippen LogP contribution in [0.1, 0.15) is 97.7 Å². The molecule has 24 nitrogen and oxygen atoms in total. The number of anilines is 1. The first kappa shape index (κ1) is 55.5. The van der Waals surface area contributed by atoms with Crippen LogP contribution in [0.25, 0.3) is 33.4 Å². The molecule has 0 saturated carbocycles. The van der Waals surface area contributed by atoms with E-state index in [2.05, 4.69) is 35.1 Å². The lowest BCUT2D eigenvalue weighted by molar-refractivity contribution is -0.255. The number of rotatable bonds is 20. The van der Waals surface area contributed by atoms with E-state index >= 15 is 0 Å². The number of nitrogen functional groups attached to an aromatic ring is 1. The molecule has 2 heterocycles. The van der Waals surface area contributed by atoms with Crippen LogP contribution in [0.5, 0.6) is 5.75 Å². The Balaban J connectivity index is 0.984. The van der Waals surface area contributed by atoms with Gasteiger partial charge in [0.25, 0.3) is 17.7 Å². The summed E-state index contributed by atoms with van der Waals surface area (Å²) in [6.45, 7) is 1.27. The third kappa shape index (κ3) is 11.8. The zero-order chi connectivity index (χ0) is 55.4. The lowest BCUT2D eigenvalue weighted by atomic mass is 9.62. The number of nitrogens with one attached hydrogen (secondary N) is 5. The van der Waals surface area contributed by atoms with E-state index in [9.17, 15) is 70.0 Å². The Morgan fingerprint density at radius 2 is 1.29 bits per heavy atom. The van der Waals surface area contributed by atoms with Gasteiger partial charge in [-0.05, 0) is 91.8 Å². The Kier molecular flexibility index (Phi) is 16.3. The summed E-state index contributed by atoms with van der Waals surface area (Å²) in [5, 5.41) is 52.8. The average molecular weight is 1080 g/mol. The highest BCUT2D eigenvalue weighted by molar-refractivity contribution is 7.86. The molecular formula is C49H48BN7O17S2-4. The van der Waals surface area contributed by atoms with Gasteiger partial charge in [0, 0.05) is 71.4 Å². The fraction of sp³-hybridized carbons (Fsp3) is 0.245. The van der Waals surface area contributed by atoms with E-state index in [4.69, 9.17) is 20.2 Å². The topological polar surface area (TPSA) is 404 Å². The minimum Gasteiger partial charge on any atom is -0.744 e. The number of hydrogen-bond acceptors (Lipinski definition) is 19. The number of hydroxylamine groups is 1. The molecular weight excluding hydrogens is 1030 g/mol. The summed E-state index contributed by atoms with van der Waals surface area (Å²) in [5.41, 5.74) is 2.38. The zero-order valence-corrected chi connectivity index (χ0v) is 42.1. The maximum Gasteiger partial charge on any atom is 0.454 e. The summed E-state index contributed by atoms with van der Waals surface area (Å²) < 4.78 is 85.7. The normalized spacial score (nSPS) is 14.5. The summed E-state index contributed by atoms with van der Waals surface area (Å²) in [7, 11) is -11.0. The Hall–Kier alpha value is -8.21. The molecule has 0 radical (unpaired) electrons. The molecule has 76 heavy (non-hydrogen) atoms. The summed E-state index contributed by atoms with van der Waals surface area (Å²) in [6, 6.07) is 16.2. The van der Waals surface area contributed by atoms with Crippen LogP contribution in [0.2, 0.25) is 0 Å². The minimum atomic E-state index is -5.53. The Morgan fingerprint density at radius 3 is 1.89 bits per heavy atom. The second-order valence-corrected chi connectivity index (χ2v) is 20.7. The van der Waals surface area contributed by atoms with Crippen LogP contribution >= 0.6 is 0 Å². The van der Waals surface area contributed by atoms with E-state index in [-0.39, 0.29) is 85.9 Å².